The quantitative estimate of drug-likeness (QED) is 0.453. The van der Waals surface area contributed by atoms with Gasteiger partial charge in [-0.2, -0.15) is 0 Å². The van der Waals surface area contributed by atoms with Crippen LogP contribution in [-0.2, 0) is 0 Å². The molecule has 0 rings (SSSR count). The molecule has 4 heteroatoms. The molecule has 0 atom stereocenters. The topological polar surface area (TPSA) is 24.1 Å². The molecular weight excluding hydrogens is 152 g/mol. The van der Waals surface area contributed by atoms with E-state index < -0.39 is 9.12 Å². The second kappa shape index (κ2) is 6.55. The molecule has 2 nitrogen and oxygen atoms in total. The van der Waals surface area contributed by atoms with E-state index in [0.29, 0.717) is 0 Å². The second-order valence-corrected chi connectivity index (χ2v) is 5.18. The van der Waals surface area contributed by atoms with Crippen LogP contribution in [0.2, 0.25) is 6.04 Å². The third-order valence-electron chi connectivity index (χ3n) is 1.32. The summed E-state index contributed by atoms with van der Waals surface area (Å²) in [5.41, 5.74) is 0. The van der Waals surface area contributed by atoms with E-state index in [1.807, 2.05) is 14.1 Å². The maximum Gasteiger partial charge on any atom is 0.184 e. The highest BCUT2D eigenvalue weighted by molar-refractivity contribution is 6.53. The van der Waals surface area contributed by atoms with Gasteiger partial charge in [0, 0.05) is 5.88 Å². The lowest BCUT2D eigenvalue weighted by Gasteiger charge is -2.10. The molecular formula is C5H15ClN2Si. The Hall–Kier alpha value is 0.427. The van der Waals surface area contributed by atoms with Crippen molar-refractivity contribution >= 4 is 20.7 Å². The van der Waals surface area contributed by atoms with Gasteiger partial charge in [0.25, 0.3) is 0 Å². The molecule has 0 amide bonds. The predicted octanol–water partition coefficient (Wildman–Crippen LogP) is 0.275. The largest absolute Gasteiger partial charge is 0.331 e. The molecule has 0 bridgehead atoms. The van der Waals surface area contributed by atoms with Crippen LogP contribution in [0, 0.1) is 0 Å². The van der Waals surface area contributed by atoms with Gasteiger partial charge in [0.15, 0.2) is 9.12 Å². The molecule has 0 aromatic rings. The summed E-state index contributed by atoms with van der Waals surface area (Å²) in [6.07, 6.45) is 1.13. The predicted molar refractivity (Wildman–Crippen MR) is 45.4 cm³/mol. The standard InChI is InChI=1S/C5H15ClN2Si/c1-7-9(8-2)5-3-4-6/h7-9H,3-5H2,1-2H3. The highest BCUT2D eigenvalue weighted by Gasteiger charge is 2.02. The van der Waals surface area contributed by atoms with Crippen LogP contribution in [0.4, 0.5) is 0 Å². The summed E-state index contributed by atoms with van der Waals surface area (Å²) in [7, 11) is 3.21. The van der Waals surface area contributed by atoms with E-state index in [4.69, 9.17) is 11.6 Å². The third kappa shape index (κ3) is 4.90. The fourth-order valence-corrected chi connectivity index (χ4v) is 2.61. The molecule has 0 saturated heterocycles. The Morgan fingerprint density at radius 1 is 1.33 bits per heavy atom. The molecule has 0 aromatic heterocycles. The monoisotopic (exact) mass is 166 g/mol. The van der Waals surface area contributed by atoms with Gasteiger partial charge in [0.05, 0.1) is 0 Å². The smallest absolute Gasteiger partial charge is 0.184 e. The summed E-state index contributed by atoms with van der Waals surface area (Å²) < 4.78 is 0. The molecule has 9 heavy (non-hydrogen) atoms. The van der Waals surface area contributed by atoms with Crippen LogP contribution in [-0.4, -0.2) is 29.1 Å². The zero-order valence-electron chi connectivity index (χ0n) is 6.08. The minimum absolute atomic E-state index is 0.785. The summed E-state index contributed by atoms with van der Waals surface area (Å²) in [6.45, 7) is 0. The number of hydrogen-bond donors (Lipinski definition) is 2. The lowest BCUT2D eigenvalue weighted by atomic mass is 10.6. The first-order chi connectivity index (χ1) is 4.35. The number of rotatable bonds is 5. The SMILES string of the molecule is CN[SiH](CCCCl)NC. The van der Waals surface area contributed by atoms with Gasteiger partial charge in [-0.1, -0.05) is 0 Å². The maximum absolute atomic E-state index is 5.53. The fraction of sp³-hybridized carbons (Fsp3) is 1.00. The maximum atomic E-state index is 5.53. The van der Waals surface area contributed by atoms with Crippen molar-refractivity contribution < 1.29 is 0 Å². The molecule has 0 saturated carbocycles. The molecule has 0 aliphatic rings. The molecule has 2 N–H and O–H groups in total. The van der Waals surface area contributed by atoms with E-state index in [1.165, 1.54) is 6.04 Å². The zero-order chi connectivity index (χ0) is 7.11. The Bertz CT molecular complexity index is 58.9. The van der Waals surface area contributed by atoms with Crippen molar-refractivity contribution in [1.29, 1.82) is 0 Å². The fourth-order valence-electron chi connectivity index (χ4n) is 0.714. The Morgan fingerprint density at radius 2 is 1.89 bits per heavy atom. The van der Waals surface area contributed by atoms with E-state index in [0.717, 1.165) is 12.3 Å². The van der Waals surface area contributed by atoms with E-state index in [2.05, 4.69) is 9.96 Å². The van der Waals surface area contributed by atoms with Crippen LogP contribution in [0.1, 0.15) is 6.42 Å². The average molecular weight is 167 g/mol. The molecule has 0 heterocycles. The lowest BCUT2D eigenvalue weighted by molar-refractivity contribution is 0.973. The van der Waals surface area contributed by atoms with Crippen LogP contribution in [0.3, 0.4) is 0 Å². The summed E-state index contributed by atoms with van der Waals surface area (Å²) in [5, 5.41) is 0. The van der Waals surface area contributed by atoms with Gasteiger partial charge in [-0.25, -0.2) is 0 Å². The summed E-state index contributed by atoms with van der Waals surface area (Å²) in [4.78, 5) is 6.51. The first kappa shape index (κ1) is 9.43. The van der Waals surface area contributed by atoms with E-state index in [1.54, 1.807) is 0 Å². The van der Waals surface area contributed by atoms with Gasteiger partial charge in [0.1, 0.15) is 0 Å². The van der Waals surface area contributed by atoms with Gasteiger partial charge < -0.3 is 9.96 Å². The van der Waals surface area contributed by atoms with Crippen molar-refractivity contribution in [3.63, 3.8) is 0 Å². The minimum Gasteiger partial charge on any atom is -0.331 e. The van der Waals surface area contributed by atoms with E-state index in [-0.39, 0.29) is 0 Å². The first-order valence-electron chi connectivity index (χ1n) is 3.25. The normalized spacial score (nSPS) is 10.7. The highest BCUT2D eigenvalue weighted by Crippen LogP contribution is 1.93. The Labute approximate surface area is 63.7 Å². The number of halogens is 1. The highest BCUT2D eigenvalue weighted by atomic mass is 35.5. The molecule has 56 valence electrons. The molecule has 0 spiro atoms. The van der Waals surface area contributed by atoms with Crippen LogP contribution in [0.5, 0.6) is 0 Å². The van der Waals surface area contributed by atoms with Crippen molar-refractivity contribution in [2.75, 3.05) is 20.0 Å². The average Bonchev–Trinajstić information content (AvgIpc) is 1.91. The van der Waals surface area contributed by atoms with Crippen LogP contribution < -0.4 is 9.96 Å². The van der Waals surface area contributed by atoms with Crippen molar-refractivity contribution in [2.45, 2.75) is 12.5 Å². The van der Waals surface area contributed by atoms with E-state index >= 15 is 0 Å². The number of nitrogens with one attached hydrogen (secondary N) is 2. The van der Waals surface area contributed by atoms with Gasteiger partial charge >= 0.3 is 0 Å². The van der Waals surface area contributed by atoms with Crippen LogP contribution >= 0.6 is 11.6 Å². The van der Waals surface area contributed by atoms with Crippen molar-refractivity contribution in [1.82, 2.24) is 9.96 Å². The Balaban J connectivity index is 3.09. The summed E-state index contributed by atoms with van der Waals surface area (Å²) in [6, 6.07) is 1.23. The first-order valence-corrected chi connectivity index (χ1v) is 5.76. The van der Waals surface area contributed by atoms with E-state index in [9.17, 15) is 0 Å². The van der Waals surface area contributed by atoms with Gasteiger partial charge in [-0.05, 0) is 26.6 Å². The Morgan fingerprint density at radius 3 is 2.22 bits per heavy atom. The van der Waals surface area contributed by atoms with Crippen LogP contribution in [0.15, 0.2) is 0 Å². The van der Waals surface area contributed by atoms with Gasteiger partial charge in [0.2, 0.25) is 0 Å². The van der Waals surface area contributed by atoms with Crippen molar-refractivity contribution in [3.05, 3.63) is 0 Å². The van der Waals surface area contributed by atoms with Crippen molar-refractivity contribution in [3.8, 4) is 0 Å². The number of hydrogen-bond acceptors (Lipinski definition) is 2. The molecule has 0 unspecified atom stereocenters. The zero-order valence-corrected chi connectivity index (χ0v) is 7.99. The van der Waals surface area contributed by atoms with Crippen molar-refractivity contribution in [2.24, 2.45) is 0 Å². The molecule has 0 aliphatic heterocycles. The molecule has 0 aliphatic carbocycles. The van der Waals surface area contributed by atoms with Crippen LogP contribution in [0.25, 0.3) is 0 Å². The molecule has 0 radical (unpaired) electrons. The minimum atomic E-state index is -0.794. The summed E-state index contributed by atoms with van der Waals surface area (Å²) in [5.74, 6) is 0.785. The second-order valence-electron chi connectivity index (χ2n) is 1.96. The van der Waals surface area contributed by atoms with Gasteiger partial charge in [-0.3, -0.25) is 0 Å². The summed E-state index contributed by atoms with van der Waals surface area (Å²) >= 11 is 5.53. The molecule has 0 fully saturated rings. The lowest BCUT2D eigenvalue weighted by Crippen LogP contribution is -2.42. The molecule has 0 aromatic carbocycles. The number of alkyl halides is 1. The Kier molecular flexibility index (Phi) is 6.86. The third-order valence-corrected chi connectivity index (χ3v) is 3.97. The van der Waals surface area contributed by atoms with Gasteiger partial charge in [-0.15, -0.1) is 11.6 Å².